The molecule has 3 N–H and O–H groups in total. The van der Waals surface area contributed by atoms with Crippen LogP contribution in [0.4, 0.5) is 0 Å². The van der Waals surface area contributed by atoms with Gasteiger partial charge in [-0.3, -0.25) is 0 Å². The number of nitrogens with one attached hydrogen (secondary N) is 1. The minimum Gasteiger partial charge on any atom is -0.504 e. The Hall–Kier alpha value is -2.78. The van der Waals surface area contributed by atoms with E-state index in [2.05, 4.69) is 60.8 Å². The fraction of sp³-hybridized carbons (Fsp3) is 0.217. The second kappa shape index (κ2) is 6.85. The normalized spacial score (nSPS) is 17.5. The minimum atomic E-state index is -0.0611. The summed E-state index contributed by atoms with van der Waals surface area (Å²) in [6, 6.07) is 22.4. The summed E-state index contributed by atoms with van der Waals surface area (Å²) < 4.78 is 0. The predicted molar refractivity (Wildman–Crippen MR) is 104 cm³/mol. The highest BCUT2D eigenvalue weighted by atomic mass is 16.3. The van der Waals surface area contributed by atoms with Gasteiger partial charge in [0.25, 0.3) is 0 Å². The monoisotopic (exact) mass is 345 g/mol. The molecule has 2 atom stereocenters. The van der Waals surface area contributed by atoms with Crippen molar-refractivity contribution < 1.29 is 10.2 Å². The number of phenols is 2. The summed E-state index contributed by atoms with van der Waals surface area (Å²) >= 11 is 0. The molecule has 0 bridgehead atoms. The number of benzene rings is 3. The van der Waals surface area contributed by atoms with Crippen LogP contribution < -0.4 is 5.32 Å². The molecule has 0 radical (unpaired) electrons. The van der Waals surface area contributed by atoms with E-state index in [-0.39, 0.29) is 23.5 Å². The van der Waals surface area contributed by atoms with Gasteiger partial charge in [0.05, 0.1) is 0 Å². The maximum atomic E-state index is 10.1. The van der Waals surface area contributed by atoms with Gasteiger partial charge < -0.3 is 15.5 Å². The van der Waals surface area contributed by atoms with Crippen molar-refractivity contribution in [3.8, 4) is 11.5 Å². The molecule has 0 aromatic heterocycles. The van der Waals surface area contributed by atoms with Crippen LogP contribution in [-0.2, 0) is 6.42 Å². The van der Waals surface area contributed by atoms with Gasteiger partial charge in [-0.1, -0.05) is 54.6 Å². The van der Waals surface area contributed by atoms with Crippen molar-refractivity contribution in [3.63, 3.8) is 0 Å². The van der Waals surface area contributed by atoms with Crippen LogP contribution >= 0.6 is 0 Å². The summed E-state index contributed by atoms with van der Waals surface area (Å²) in [5, 5.41) is 23.7. The number of aryl methyl sites for hydroxylation is 1. The van der Waals surface area contributed by atoms with Crippen LogP contribution in [0.5, 0.6) is 11.5 Å². The van der Waals surface area contributed by atoms with Gasteiger partial charge in [0, 0.05) is 12.0 Å². The van der Waals surface area contributed by atoms with Crippen molar-refractivity contribution in [1.29, 1.82) is 0 Å². The summed E-state index contributed by atoms with van der Waals surface area (Å²) in [5.41, 5.74) is 5.91. The molecule has 132 valence electrons. The number of fused-ring (bicyclic) bond motifs is 1. The van der Waals surface area contributed by atoms with E-state index in [1.165, 1.54) is 16.7 Å². The lowest BCUT2D eigenvalue weighted by atomic mass is 9.77. The van der Waals surface area contributed by atoms with Gasteiger partial charge in [0.15, 0.2) is 11.5 Å². The lowest BCUT2D eigenvalue weighted by Crippen LogP contribution is -2.34. The molecule has 4 rings (SSSR count). The smallest absolute Gasteiger partial charge is 0.157 e. The molecular formula is C23H23NO2. The maximum Gasteiger partial charge on any atom is 0.157 e. The number of rotatable bonds is 3. The molecule has 0 unspecified atom stereocenters. The summed E-state index contributed by atoms with van der Waals surface area (Å²) in [5.74, 6) is 0.0194. The van der Waals surface area contributed by atoms with Gasteiger partial charge in [0.1, 0.15) is 0 Å². The first-order chi connectivity index (χ1) is 12.6. The zero-order valence-electron chi connectivity index (χ0n) is 14.8. The fourth-order valence-electron chi connectivity index (χ4n) is 4.06. The van der Waals surface area contributed by atoms with Crippen LogP contribution in [0.15, 0.2) is 66.7 Å². The van der Waals surface area contributed by atoms with Crippen molar-refractivity contribution in [2.45, 2.75) is 25.3 Å². The first kappa shape index (κ1) is 16.7. The molecular weight excluding hydrogens is 322 g/mol. The molecule has 1 heterocycles. The van der Waals surface area contributed by atoms with E-state index in [1.807, 2.05) is 6.07 Å². The Labute approximate surface area is 154 Å². The van der Waals surface area contributed by atoms with Gasteiger partial charge >= 0.3 is 0 Å². The van der Waals surface area contributed by atoms with Gasteiger partial charge in [0.2, 0.25) is 0 Å². The van der Waals surface area contributed by atoms with Crippen molar-refractivity contribution in [3.05, 3.63) is 94.5 Å². The van der Waals surface area contributed by atoms with E-state index in [4.69, 9.17) is 0 Å². The van der Waals surface area contributed by atoms with Crippen molar-refractivity contribution in [2.24, 2.45) is 0 Å². The number of aromatic hydroxyl groups is 2. The molecule has 1 aliphatic rings. The minimum absolute atomic E-state index is 0.0359. The first-order valence-electron chi connectivity index (χ1n) is 9.04. The standard InChI is InChI=1S/C23H23NO2/c1-15-7-5-6-10-18(15)22(16-8-3-2-4-9-16)23-19-14-21(26)20(25)13-17(19)11-12-24-23/h2-10,13-14,22-26H,11-12H2,1H3/t22-,23+/m0/s1. The molecule has 3 nitrogen and oxygen atoms in total. The third-order valence-electron chi connectivity index (χ3n) is 5.35. The average Bonchev–Trinajstić information content (AvgIpc) is 2.66. The highest BCUT2D eigenvalue weighted by Crippen LogP contribution is 2.43. The molecule has 3 aromatic rings. The Morgan fingerprint density at radius 1 is 0.923 bits per heavy atom. The van der Waals surface area contributed by atoms with E-state index in [1.54, 1.807) is 12.1 Å². The van der Waals surface area contributed by atoms with Gasteiger partial charge in [-0.15, -0.1) is 0 Å². The molecule has 0 amide bonds. The Balaban J connectivity index is 1.89. The zero-order chi connectivity index (χ0) is 18.1. The number of phenolic OH excluding ortho intramolecular Hbond substituents is 2. The number of hydrogen-bond acceptors (Lipinski definition) is 3. The summed E-state index contributed by atoms with van der Waals surface area (Å²) in [6.07, 6.45) is 0.842. The van der Waals surface area contributed by atoms with E-state index in [0.717, 1.165) is 24.1 Å². The molecule has 26 heavy (non-hydrogen) atoms. The SMILES string of the molecule is Cc1ccccc1[C@H](c1ccccc1)[C@@H]1NCCc2cc(O)c(O)cc21. The summed E-state index contributed by atoms with van der Waals surface area (Å²) in [6.45, 7) is 2.99. The molecule has 0 saturated carbocycles. The highest BCUT2D eigenvalue weighted by molar-refractivity contribution is 5.51. The first-order valence-corrected chi connectivity index (χ1v) is 9.04. The topological polar surface area (TPSA) is 52.5 Å². The third-order valence-corrected chi connectivity index (χ3v) is 5.35. The molecule has 0 saturated heterocycles. The van der Waals surface area contributed by atoms with Crippen molar-refractivity contribution in [1.82, 2.24) is 5.32 Å². The Kier molecular flexibility index (Phi) is 4.39. The van der Waals surface area contributed by atoms with E-state index >= 15 is 0 Å². The molecule has 3 heteroatoms. The van der Waals surface area contributed by atoms with Crippen LogP contribution in [0.3, 0.4) is 0 Å². The average molecular weight is 345 g/mol. The van der Waals surface area contributed by atoms with Crippen molar-refractivity contribution in [2.75, 3.05) is 6.54 Å². The Bertz CT molecular complexity index is 921. The Morgan fingerprint density at radius 2 is 1.62 bits per heavy atom. The van der Waals surface area contributed by atoms with Crippen LogP contribution in [0, 0.1) is 6.92 Å². The quantitative estimate of drug-likeness (QED) is 0.616. The molecule has 3 aromatic carbocycles. The second-order valence-corrected chi connectivity index (χ2v) is 6.97. The molecule has 0 fully saturated rings. The maximum absolute atomic E-state index is 10.1. The van der Waals surface area contributed by atoms with Crippen LogP contribution in [-0.4, -0.2) is 16.8 Å². The largest absolute Gasteiger partial charge is 0.504 e. The number of hydrogen-bond donors (Lipinski definition) is 3. The van der Waals surface area contributed by atoms with Crippen LogP contribution in [0.2, 0.25) is 0 Å². The lowest BCUT2D eigenvalue weighted by molar-refractivity contribution is 0.396. The van der Waals surface area contributed by atoms with E-state index < -0.39 is 0 Å². The third kappa shape index (κ3) is 2.95. The summed E-state index contributed by atoms with van der Waals surface area (Å²) in [7, 11) is 0. The van der Waals surface area contributed by atoms with Crippen LogP contribution in [0.25, 0.3) is 0 Å². The molecule has 1 aliphatic heterocycles. The van der Waals surface area contributed by atoms with Crippen molar-refractivity contribution >= 4 is 0 Å². The Morgan fingerprint density at radius 3 is 2.38 bits per heavy atom. The fourth-order valence-corrected chi connectivity index (χ4v) is 4.06. The highest BCUT2D eigenvalue weighted by Gasteiger charge is 2.31. The predicted octanol–water partition coefficient (Wildman–Crippen LogP) is 4.43. The van der Waals surface area contributed by atoms with Crippen LogP contribution in [0.1, 0.15) is 39.8 Å². The molecule has 0 aliphatic carbocycles. The van der Waals surface area contributed by atoms with E-state index in [9.17, 15) is 10.2 Å². The van der Waals surface area contributed by atoms with E-state index in [0.29, 0.717) is 0 Å². The summed E-state index contributed by atoms with van der Waals surface area (Å²) in [4.78, 5) is 0. The van der Waals surface area contributed by atoms with Gasteiger partial charge in [-0.25, -0.2) is 0 Å². The van der Waals surface area contributed by atoms with Gasteiger partial charge in [-0.05, 0) is 59.8 Å². The molecule has 0 spiro atoms. The zero-order valence-corrected chi connectivity index (χ0v) is 14.8. The van der Waals surface area contributed by atoms with Gasteiger partial charge in [-0.2, -0.15) is 0 Å². The lowest BCUT2D eigenvalue weighted by Gasteiger charge is -2.35. The second-order valence-electron chi connectivity index (χ2n) is 6.97.